The molecule has 1 unspecified atom stereocenters. The summed E-state index contributed by atoms with van der Waals surface area (Å²) in [5.74, 6) is 0.210. The first-order valence-corrected chi connectivity index (χ1v) is 7.95. The molecule has 104 valence electrons. The minimum Gasteiger partial charge on any atom is -0.326 e. The Kier molecular flexibility index (Phi) is 3.83. The standard InChI is InChI=1S/C16H18N2OS/c1-2-11-3-6-13(7-4-11)18-16(19)12-5-8-14-15(9-12)20-10-17-14/h3-4,6-7,10,12H,2,5,8-9H2,1H3,(H,18,19). The molecule has 3 rings (SSSR count). The van der Waals surface area contributed by atoms with E-state index in [-0.39, 0.29) is 11.8 Å². The third-order valence-electron chi connectivity index (χ3n) is 3.89. The molecule has 1 aromatic heterocycles. The van der Waals surface area contributed by atoms with E-state index < -0.39 is 0 Å². The number of nitrogens with zero attached hydrogens (tertiary/aromatic N) is 1. The number of hydrogen-bond acceptors (Lipinski definition) is 3. The summed E-state index contributed by atoms with van der Waals surface area (Å²) < 4.78 is 0. The molecule has 0 fully saturated rings. The van der Waals surface area contributed by atoms with Gasteiger partial charge >= 0.3 is 0 Å². The highest BCUT2D eigenvalue weighted by Gasteiger charge is 2.26. The van der Waals surface area contributed by atoms with Gasteiger partial charge in [-0.05, 0) is 43.4 Å². The SMILES string of the molecule is CCc1ccc(NC(=O)C2CCc3ncsc3C2)cc1. The summed E-state index contributed by atoms with van der Waals surface area (Å²) in [5, 5.41) is 3.03. The first kappa shape index (κ1) is 13.3. The van der Waals surface area contributed by atoms with E-state index in [9.17, 15) is 4.79 Å². The lowest BCUT2D eigenvalue weighted by atomic mass is 9.90. The van der Waals surface area contributed by atoms with Gasteiger partial charge in [0, 0.05) is 16.5 Å². The van der Waals surface area contributed by atoms with E-state index >= 15 is 0 Å². The van der Waals surface area contributed by atoms with Crippen molar-refractivity contribution in [3.8, 4) is 0 Å². The van der Waals surface area contributed by atoms with Crippen LogP contribution in [0.25, 0.3) is 0 Å². The molecular formula is C16H18N2OS. The molecule has 4 heteroatoms. The molecule has 20 heavy (non-hydrogen) atoms. The first-order chi connectivity index (χ1) is 9.76. The quantitative estimate of drug-likeness (QED) is 0.939. The Hall–Kier alpha value is -1.68. The maximum Gasteiger partial charge on any atom is 0.227 e. The highest BCUT2D eigenvalue weighted by Crippen LogP contribution is 2.28. The Balaban J connectivity index is 1.65. The van der Waals surface area contributed by atoms with Crippen molar-refractivity contribution >= 4 is 22.9 Å². The zero-order valence-corrected chi connectivity index (χ0v) is 12.4. The molecule has 1 atom stereocenters. The van der Waals surface area contributed by atoms with Crippen LogP contribution in [0.5, 0.6) is 0 Å². The molecule has 1 N–H and O–H groups in total. The van der Waals surface area contributed by atoms with Crippen LogP contribution in [-0.4, -0.2) is 10.9 Å². The second-order valence-corrected chi connectivity index (χ2v) is 6.14. The molecule has 0 radical (unpaired) electrons. The molecule has 1 aromatic carbocycles. The van der Waals surface area contributed by atoms with Crippen molar-refractivity contribution in [3.63, 3.8) is 0 Å². The van der Waals surface area contributed by atoms with Crippen LogP contribution in [0, 0.1) is 5.92 Å². The van der Waals surface area contributed by atoms with Gasteiger partial charge < -0.3 is 5.32 Å². The predicted molar refractivity (Wildman–Crippen MR) is 82.1 cm³/mol. The van der Waals surface area contributed by atoms with E-state index in [0.29, 0.717) is 0 Å². The van der Waals surface area contributed by atoms with Crippen molar-refractivity contribution < 1.29 is 4.79 Å². The number of aromatic nitrogens is 1. The van der Waals surface area contributed by atoms with Gasteiger partial charge in [0.1, 0.15) is 0 Å². The zero-order chi connectivity index (χ0) is 13.9. The molecule has 0 spiro atoms. The average molecular weight is 286 g/mol. The van der Waals surface area contributed by atoms with E-state index in [2.05, 4.69) is 29.4 Å². The van der Waals surface area contributed by atoms with Crippen LogP contribution in [0.3, 0.4) is 0 Å². The van der Waals surface area contributed by atoms with Crippen molar-refractivity contribution in [1.82, 2.24) is 4.98 Å². The number of carbonyl (C=O) groups excluding carboxylic acids is 1. The summed E-state index contributed by atoms with van der Waals surface area (Å²) in [4.78, 5) is 17.9. The number of fused-ring (bicyclic) bond motifs is 1. The molecule has 0 saturated carbocycles. The topological polar surface area (TPSA) is 42.0 Å². The second-order valence-electron chi connectivity index (χ2n) is 5.20. The number of hydrogen-bond donors (Lipinski definition) is 1. The number of carbonyl (C=O) groups is 1. The van der Waals surface area contributed by atoms with Crippen molar-refractivity contribution in [1.29, 1.82) is 0 Å². The van der Waals surface area contributed by atoms with E-state index in [4.69, 9.17) is 0 Å². The van der Waals surface area contributed by atoms with Crippen molar-refractivity contribution in [2.24, 2.45) is 5.92 Å². The van der Waals surface area contributed by atoms with E-state index in [1.54, 1.807) is 11.3 Å². The molecule has 1 heterocycles. The Labute approximate surface area is 123 Å². The van der Waals surface area contributed by atoms with E-state index in [1.165, 1.54) is 16.1 Å². The fourth-order valence-corrected chi connectivity index (χ4v) is 3.49. The summed E-state index contributed by atoms with van der Waals surface area (Å²) >= 11 is 1.67. The van der Waals surface area contributed by atoms with Crippen LogP contribution in [0.1, 0.15) is 29.5 Å². The zero-order valence-electron chi connectivity index (χ0n) is 11.6. The minimum absolute atomic E-state index is 0.0776. The van der Waals surface area contributed by atoms with Crippen molar-refractivity contribution in [2.45, 2.75) is 32.6 Å². The number of rotatable bonds is 3. The van der Waals surface area contributed by atoms with Crippen LogP contribution >= 0.6 is 11.3 Å². The summed E-state index contributed by atoms with van der Waals surface area (Å²) in [6, 6.07) is 8.10. The smallest absolute Gasteiger partial charge is 0.227 e. The van der Waals surface area contributed by atoms with E-state index in [1.807, 2.05) is 17.6 Å². The van der Waals surface area contributed by atoms with Crippen molar-refractivity contribution in [3.05, 3.63) is 45.9 Å². The highest BCUT2D eigenvalue weighted by molar-refractivity contribution is 7.09. The van der Waals surface area contributed by atoms with Crippen LogP contribution in [-0.2, 0) is 24.1 Å². The molecule has 0 aliphatic heterocycles. The van der Waals surface area contributed by atoms with Gasteiger partial charge in [-0.2, -0.15) is 0 Å². The molecule has 1 aliphatic rings. The lowest BCUT2D eigenvalue weighted by molar-refractivity contribution is -0.120. The van der Waals surface area contributed by atoms with Crippen LogP contribution in [0.4, 0.5) is 5.69 Å². The van der Waals surface area contributed by atoms with Gasteiger partial charge in [0.15, 0.2) is 0 Å². The van der Waals surface area contributed by atoms with Gasteiger partial charge in [-0.15, -0.1) is 11.3 Å². The highest BCUT2D eigenvalue weighted by atomic mass is 32.1. The summed E-state index contributed by atoms with van der Waals surface area (Å²) in [5.41, 5.74) is 5.25. The monoisotopic (exact) mass is 286 g/mol. The second kappa shape index (κ2) is 5.75. The van der Waals surface area contributed by atoms with E-state index in [0.717, 1.165) is 31.4 Å². The number of aryl methyl sites for hydroxylation is 2. The van der Waals surface area contributed by atoms with Gasteiger partial charge in [0.05, 0.1) is 11.2 Å². The predicted octanol–water partition coefficient (Wildman–Crippen LogP) is 3.45. The van der Waals surface area contributed by atoms with Crippen LogP contribution < -0.4 is 5.32 Å². The van der Waals surface area contributed by atoms with Crippen LogP contribution in [0.2, 0.25) is 0 Å². The Morgan fingerprint density at radius 3 is 2.95 bits per heavy atom. The molecule has 3 nitrogen and oxygen atoms in total. The Bertz CT molecular complexity index is 603. The number of thiazole rings is 1. The summed E-state index contributed by atoms with van der Waals surface area (Å²) in [6.45, 7) is 2.13. The largest absolute Gasteiger partial charge is 0.326 e. The fourth-order valence-electron chi connectivity index (χ4n) is 2.59. The summed E-state index contributed by atoms with van der Waals surface area (Å²) in [6.07, 6.45) is 3.67. The normalized spacial score (nSPS) is 17.6. The molecule has 1 amide bonds. The summed E-state index contributed by atoms with van der Waals surface area (Å²) in [7, 11) is 0. The first-order valence-electron chi connectivity index (χ1n) is 7.07. The lowest BCUT2D eigenvalue weighted by Gasteiger charge is -2.20. The lowest BCUT2D eigenvalue weighted by Crippen LogP contribution is -2.27. The Morgan fingerprint density at radius 1 is 1.40 bits per heavy atom. The van der Waals surface area contributed by atoms with Gasteiger partial charge in [-0.3, -0.25) is 4.79 Å². The molecule has 2 aromatic rings. The van der Waals surface area contributed by atoms with Gasteiger partial charge in [0.25, 0.3) is 0 Å². The molecule has 1 aliphatic carbocycles. The average Bonchev–Trinajstić information content (AvgIpc) is 2.95. The number of amides is 1. The maximum absolute atomic E-state index is 12.3. The van der Waals surface area contributed by atoms with Crippen LogP contribution in [0.15, 0.2) is 29.8 Å². The van der Waals surface area contributed by atoms with Gasteiger partial charge in [0.2, 0.25) is 5.91 Å². The Morgan fingerprint density at radius 2 is 2.20 bits per heavy atom. The number of benzene rings is 1. The fraction of sp³-hybridized carbons (Fsp3) is 0.375. The van der Waals surface area contributed by atoms with Crippen molar-refractivity contribution in [2.75, 3.05) is 5.32 Å². The molecular weight excluding hydrogens is 268 g/mol. The third kappa shape index (κ3) is 2.75. The minimum atomic E-state index is 0.0776. The molecule has 0 saturated heterocycles. The number of anilines is 1. The van der Waals surface area contributed by atoms with Gasteiger partial charge in [-0.1, -0.05) is 19.1 Å². The maximum atomic E-state index is 12.3. The third-order valence-corrected chi connectivity index (χ3v) is 4.78. The molecule has 0 bridgehead atoms. The number of nitrogens with one attached hydrogen (secondary N) is 1. The van der Waals surface area contributed by atoms with Gasteiger partial charge in [-0.25, -0.2) is 4.98 Å².